The van der Waals surface area contributed by atoms with Gasteiger partial charge in [-0.1, -0.05) is 42.8 Å². The van der Waals surface area contributed by atoms with Gasteiger partial charge in [-0.25, -0.2) is 0 Å². The van der Waals surface area contributed by atoms with Crippen molar-refractivity contribution in [1.82, 2.24) is 0 Å². The zero-order chi connectivity index (χ0) is 9.41. The van der Waals surface area contributed by atoms with E-state index in [1.54, 1.807) is 0 Å². The molecule has 0 saturated heterocycles. The molecule has 0 radical (unpaired) electrons. The molecule has 0 aromatic carbocycles. The molecule has 1 aliphatic rings. The highest BCUT2D eigenvalue weighted by molar-refractivity contribution is 9.09. The predicted molar refractivity (Wildman–Crippen MR) is 58.6 cm³/mol. The van der Waals surface area contributed by atoms with Crippen molar-refractivity contribution in [3.8, 4) is 0 Å². The number of hydrogen-bond donors (Lipinski definition) is 0. The molecule has 1 heteroatoms. The first-order chi connectivity index (χ1) is 5.50. The molecular weight excluding hydrogens is 212 g/mol. The zero-order valence-corrected chi connectivity index (χ0v) is 9.95. The lowest BCUT2D eigenvalue weighted by molar-refractivity contribution is 0.299. The number of alkyl halides is 1. The van der Waals surface area contributed by atoms with Crippen LogP contribution in [0.3, 0.4) is 0 Å². The Morgan fingerprint density at radius 1 is 1.58 bits per heavy atom. The van der Waals surface area contributed by atoms with Crippen LogP contribution in [0.4, 0.5) is 0 Å². The summed E-state index contributed by atoms with van der Waals surface area (Å²) in [5, 5.41) is 1.14. The van der Waals surface area contributed by atoms with Crippen molar-refractivity contribution in [2.45, 2.75) is 33.6 Å². The summed E-state index contributed by atoms with van der Waals surface area (Å²) in [5.41, 5.74) is 1.08. The molecular formula is C11H19Br. The fourth-order valence-corrected chi connectivity index (χ4v) is 3.93. The molecule has 12 heavy (non-hydrogen) atoms. The maximum atomic E-state index is 3.81. The highest BCUT2D eigenvalue weighted by Crippen LogP contribution is 2.68. The average Bonchev–Trinajstić information content (AvgIpc) is 2.55. The predicted octanol–water partition coefficient (Wildman–Crippen LogP) is 4.01. The third kappa shape index (κ3) is 1.37. The monoisotopic (exact) mass is 230 g/mol. The van der Waals surface area contributed by atoms with Crippen molar-refractivity contribution < 1.29 is 0 Å². The van der Waals surface area contributed by atoms with Crippen LogP contribution in [-0.4, -0.2) is 5.33 Å². The fourth-order valence-electron chi connectivity index (χ4n) is 2.42. The molecule has 0 aromatic heterocycles. The van der Waals surface area contributed by atoms with E-state index >= 15 is 0 Å². The van der Waals surface area contributed by atoms with Crippen LogP contribution in [0.5, 0.6) is 0 Å². The molecule has 1 saturated carbocycles. The number of halogens is 1. The van der Waals surface area contributed by atoms with Crippen LogP contribution in [0.2, 0.25) is 0 Å². The molecule has 0 amide bonds. The van der Waals surface area contributed by atoms with Gasteiger partial charge in [0.25, 0.3) is 0 Å². The second-order valence-electron chi connectivity index (χ2n) is 4.78. The summed E-state index contributed by atoms with van der Waals surface area (Å²) in [7, 11) is 0. The number of hydrogen-bond acceptors (Lipinski definition) is 0. The van der Waals surface area contributed by atoms with E-state index < -0.39 is 0 Å². The second kappa shape index (κ2) is 3.17. The van der Waals surface area contributed by atoms with Gasteiger partial charge in [0.2, 0.25) is 0 Å². The summed E-state index contributed by atoms with van der Waals surface area (Å²) in [4.78, 5) is 0. The SMILES string of the molecule is C=CCC(C)C1(CBr)CC1(C)C. The van der Waals surface area contributed by atoms with Gasteiger partial charge in [0, 0.05) is 5.33 Å². The first-order valence-electron chi connectivity index (χ1n) is 4.67. The fraction of sp³-hybridized carbons (Fsp3) is 0.818. The summed E-state index contributed by atoms with van der Waals surface area (Å²) in [6.45, 7) is 10.9. The molecule has 0 bridgehead atoms. The van der Waals surface area contributed by atoms with Crippen LogP contribution in [0.1, 0.15) is 33.6 Å². The normalized spacial score (nSPS) is 34.3. The summed E-state index contributed by atoms with van der Waals surface area (Å²) < 4.78 is 0. The Kier molecular flexibility index (Phi) is 2.72. The topological polar surface area (TPSA) is 0 Å². The molecule has 0 heterocycles. The molecule has 1 rings (SSSR count). The maximum absolute atomic E-state index is 3.81. The van der Waals surface area contributed by atoms with Crippen LogP contribution in [0.15, 0.2) is 12.7 Å². The Labute approximate surface area is 84.6 Å². The lowest BCUT2D eigenvalue weighted by Crippen LogP contribution is -2.20. The highest BCUT2D eigenvalue weighted by Gasteiger charge is 2.62. The van der Waals surface area contributed by atoms with E-state index in [1.165, 1.54) is 6.42 Å². The molecule has 0 spiro atoms. The minimum atomic E-state index is 0.541. The summed E-state index contributed by atoms with van der Waals surface area (Å²) in [6, 6.07) is 0. The van der Waals surface area contributed by atoms with E-state index in [0.29, 0.717) is 10.8 Å². The lowest BCUT2D eigenvalue weighted by Gasteiger charge is -2.24. The Balaban J connectivity index is 2.65. The van der Waals surface area contributed by atoms with E-state index in [1.807, 2.05) is 6.08 Å². The molecule has 0 aromatic rings. The van der Waals surface area contributed by atoms with Gasteiger partial charge >= 0.3 is 0 Å². The van der Waals surface area contributed by atoms with Gasteiger partial charge in [0.05, 0.1) is 0 Å². The quantitative estimate of drug-likeness (QED) is 0.506. The van der Waals surface area contributed by atoms with Crippen molar-refractivity contribution in [2.24, 2.45) is 16.7 Å². The molecule has 0 aliphatic heterocycles. The van der Waals surface area contributed by atoms with Crippen molar-refractivity contribution in [2.75, 3.05) is 5.33 Å². The standard InChI is InChI=1S/C11H19Br/c1-5-6-9(2)11(8-12)7-10(11,3)4/h5,9H,1,6-8H2,2-4H3. The van der Waals surface area contributed by atoms with E-state index in [0.717, 1.165) is 17.7 Å². The summed E-state index contributed by atoms with van der Waals surface area (Å²) in [5.74, 6) is 0.768. The number of allylic oxidation sites excluding steroid dienone is 1. The van der Waals surface area contributed by atoms with E-state index in [9.17, 15) is 0 Å². The number of rotatable bonds is 4. The van der Waals surface area contributed by atoms with Crippen molar-refractivity contribution in [3.05, 3.63) is 12.7 Å². The van der Waals surface area contributed by atoms with E-state index in [4.69, 9.17) is 0 Å². The maximum Gasteiger partial charge on any atom is 0.00959 e. The Morgan fingerprint density at radius 2 is 2.08 bits per heavy atom. The van der Waals surface area contributed by atoms with Crippen LogP contribution < -0.4 is 0 Å². The van der Waals surface area contributed by atoms with Gasteiger partial charge in [-0.05, 0) is 29.6 Å². The molecule has 1 fully saturated rings. The second-order valence-corrected chi connectivity index (χ2v) is 5.34. The zero-order valence-electron chi connectivity index (χ0n) is 8.36. The van der Waals surface area contributed by atoms with Crippen LogP contribution in [0, 0.1) is 16.7 Å². The van der Waals surface area contributed by atoms with Crippen molar-refractivity contribution >= 4 is 15.9 Å². The summed E-state index contributed by atoms with van der Waals surface area (Å²) in [6.07, 6.45) is 4.55. The largest absolute Gasteiger partial charge is 0.103 e. The average molecular weight is 231 g/mol. The first-order valence-corrected chi connectivity index (χ1v) is 5.79. The van der Waals surface area contributed by atoms with Crippen LogP contribution in [0.25, 0.3) is 0 Å². The summed E-state index contributed by atoms with van der Waals surface area (Å²) >= 11 is 3.65. The third-order valence-corrected chi connectivity index (χ3v) is 4.68. The van der Waals surface area contributed by atoms with Crippen LogP contribution in [-0.2, 0) is 0 Å². The van der Waals surface area contributed by atoms with Crippen LogP contribution >= 0.6 is 15.9 Å². The van der Waals surface area contributed by atoms with Gasteiger partial charge in [-0.2, -0.15) is 0 Å². The Bertz CT molecular complexity index is 183. The Morgan fingerprint density at radius 3 is 2.33 bits per heavy atom. The van der Waals surface area contributed by atoms with Crippen molar-refractivity contribution in [1.29, 1.82) is 0 Å². The minimum Gasteiger partial charge on any atom is -0.103 e. The van der Waals surface area contributed by atoms with Gasteiger partial charge in [0.15, 0.2) is 0 Å². The molecule has 0 nitrogen and oxygen atoms in total. The minimum absolute atomic E-state index is 0.541. The van der Waals surface area contributed by atoms with Gasteiger partial charge in [0.1, 0.15) is 0 Å². The molecule has 0 N–H and O–H groups in total. The third-order valence-electron chi connectivity index (χ3n) is 3.68. The molecule has 1 aliphatic carbocycles. The smallest absolute Gasteiger partial charge is 0.00959 e. The van der Waals surface area contributed by atoms with E-state index in [2.05, 4.69) is 43.3 Å². The Hall–Kier alpha value is 0.220. The lowest BCUT2D eigenvalue weighted by atomic mass is 9.83. The first kappa shape index (κ1) is 10.3. The van der Waals surface area contributed by atoms with E-state index in [-0.39, 0.29) is 0 Å². The molecule has 2 atom stereocenters. The van der Waals surface area contributed by atoms with Gasteiger partial charge in [-0.3, -0.25) is 0 Å². The van der Waals surface area contributed by atoms with Gasteiger partial charge in [-0.15, -0.1) is 6.58 Å². The van der Waals surface area contributed by atoms with Gasteiger partial charge < -0.3 is 0 Å². The highest BCUT2D eigenvalue weighted by atomic mass is 79.9. The van der Waals surface area contributed by atoms with Crippen molar-refractivity contribution in [3.63, 3.8) is 0 Å². The molecule has 70 valence electrons. The molecule has 2 unspecified atom stereocenters.